The molecule has 2 amide bonds. The number of amides is 2. The number of aryl methyl sites for hydroxylation is 2. The van der Waals surface area contributed by atoms with Gasteiger partial charge in [-0.1, -0.05) is 29.3 Å². The van der Waals surface area contributed by atoms with Gasteiger partial charge in [-0.25, -0.2) is 0 Å². The van der Waals surface area contributed by atoms with Crippen LogP contribution in [0, 0.1) is 13.8 Å². The molecule has 3 aromatic carbocycles. The first kappa shape index (κ1) is 22.1. The van der Waals surface area contributed by atoms with Crippen molar-refractivity contribution < 1.29 is 14.7 Å². The van der Waals surface area contributed by atoms with Gasteiger partial charge in [-0.3, -0.25) is 9.59 Å². The number of nitrogens with one attached hydrogen (secondary N) is 1. The number of hydrogen-bond acceptors (Lipinski definition) is 3. The van der Waals surface area contributed by atoms with Gasteiger partial charge in [0.25, 0.3) is 11.8 Å². The Hall–Kier alpha value is -3.15. The van der Waals surface area contributed by atoms with E-state index in [1.54, 1.807) is 47.4 Å². The van der Waals surface area contributed by atoms with E-state index in [2.05, 4.69) is 5.32 Å². The first-order chi connectivity index (χ1) is 15.3. The van der Waals surface area contributed by atoms with Crippen LogP contribution in [0.5, 0.6) is 0 Å². The van der Waals surface area contributed by atoms with Crippen molar-refractivity contribution >= 4 is 34.8 Å². The summed E-state index contributed by atoms with van der Waals surface area (Å²) < 4.78 is 0. The van der Waals surface area contributed by atoms with E-state index in [9.17, 15) is 14.7 Å². The quantitative estimate of drug-likeness (QED) is 0.541. The number of fused-ring (bicyclic) bond motifs is 1. The molecule has 164 valence electrons. The number of rotatable bonds is 3. The molecule has 32 heavy (non-hydrogen) atoms. The first-order valence-electron chi connectivity index (χ1n) is 10.6. The zero-order valence-corrected chi connectivity index (χ0v) is 18.8. The second kappa shape index (κ2) is 9.15. The minimum absolute atomic E-state index is 0.142. The number of anilines is 2. The minimum atomic E-state index is -0.651. The molecule has 0 radical (unpaired) electrons. The van der Waals surface area contributed by atoms with E-state index >= 15 is 0 Å². The maximum absolute atomic E-state index is 13.4. The largest absolute Gasteiger partial charge is 0.388 e. The fraction of sp³-hybridized carbons (Fsp3) is 0.231. The molecular formula is C26H25ClN2O3. The normalized spacial score (nSPS) is 15.6. The molecule has 1 aliphatic heterocycles. The van der Waals surface area contributed by atoms with Gasteiger partial charge >= 0.3 is 0 Å². The van der Waals surface area contributed by atoms with Gasteiger partial charge in [-0.15, -0.1) is 0 Å². The molecule has 0 aromatic heterocycles. The van der Waals surface area contributed by atoms with Crippen molar-refractivity contribution in [2.24, 2.45) is 0 Å². The monoisotopic (exact) mass is 448 g/mol. The van der Waals surface area contributed by atoms with Crippen LogP contribution in [0.4, 0.5) is 11.4 Å². The van der Waals surface area contributed by atoms with E-state index in [4.69, 9.17) is 11.6 Å². The average Bonchev–Trinajstić information content (AvgIpc) is 2.92. The third-order valence-electron chi connectivity index (χ3n) is 5.74. The molecule has 0 spiro atoms. The molecule has 0 saturated carbocycles. The van der Waals surface area contributed by atoms with Crippen LogP contribution < -0.4 is 10.2 Å². The van der Waals surface area contributed by atoms with Crippen LogP contribution in [-0.2, 0) is 0 Å². The zero-order valence-electron chi connectivity index (χ0n) is 18.1. The van der Waals surface area contributed by atoms with Crippen LogP contribution >= 0.6 is 11.6 Å². The molecule has 0 aliphatic carbocycles. The van der Waals surface area contributed by atoms with Crippen molar-refractivity contribution in [3.63, 3.8) is 0 Å². The number of nitrogens with zero attached hydrogens (tertiary/aromatic N) is 1. The van der Waals surface area contributed by atoms with Crippen molar-refractivity contribution in [1.82, 2.24) is 0 Å². The number of aliphatic hydroxyl groups is 1. The Morgan fingerprint density at radius 3 is 2.62 bits per heavy atom. The zero-order chi connectivity index (χ0) is 22.8. The molecule has 1 unspecified atom stereocenters. The molecule has 5 nitrogen and oxygen atoms in total. The molecular weight excluding hydrogens is 424 g/mol. The second-order valence-electron chi connectivity index (χ2n) is 8.17. The van der Waals surface area contributed by atoms with Crippen LogP contribution in [0.1, 0.15) is 56.4 Å². The van der Waals surface area contributed by atoms with Gasteiger partial charge in [-0.05, 0) is 80.8 Å². The highest BCUT2D eigenvalue weighted by molar-refractivity contribution is 6.30. The fourth-order valence-corrected chi connectivity index (χ4v) is 4.26. The standard InChI is InChI=1S/C26H25ClN2O3/c1-16-5-3-6-18(13-16)25(31)28-20-9-10-21(17(2)14-20)26(32)29-12-4-7-24(30)22-15-19(27)8-11-23(22)29/h3,5-6,8-11,13-15,24,30H,4,7,12H2,1-2H3,(H,28,31). The third-order valence-corrected chi connectivity index (χ3v) is 5.97. The van der Waals surface area contributed by atoms with Crippen molar-refractivity contribution in [1.29, 1.82) is 0 Å². The fourth-order valence-electron chi connectivity index (χ4n) is 4.08. The van der Waals surface area contributed by atoms with Gasteiger partial charge in [0, 0.05) is 39.6 Å². The van der Waals surface area contributed by atoms with E-state index in [-0.39, 0.29) is 11.8 Å². The van der Waals surface area contributed by atoms with Crippen LogP contribution in [0.3, 0.4) is 0 Å². The van der Waals surface area contributed by atoms with Gasteiger partial charge < -0.3 is 15.3 Å². The molecule has 2 N–H and O–H groups in total. The summed E-state index contributed by atoms with van der Waals surface area (Å²) in [6.45, 7) is 4.30. The minimum Gasteiger partial charge on any atom is -0.388 e. The smallest absolute Gasteiger partial charge is 0.258 e. The number of carbonyl (C=O) groups excluding carboxylic acids is 2. The lowest BCUT2D eigenvalue weighted by atomic mass is 10.0. The van der Waals surface area contributed by atoms with Gasteiger partial charge in [0.1, 0.15) is 0 Å². The molecule has 4 rings (SSSR count). The summed E-state index contributed by atoms with van der Waals surface area (Å²) in [7, 11) is 0. The van der Waals surface area contributed by atoms with E-state index in [1.807, 2.05) is 32.0 Å². The van der Waals surface area contributed by atoms with Crippen molar-refractivity contribution in [2.45, 2.75) is 32.8 Å². The number of aliphatic hydroxyl groups excluding tert-OH is 1. The SMILES string of the molecule is Cc1cccc(C(=O)Nc2ccc(C(=O)N3CCCC(O)c4cc(Cl)ccc43)c(C)c2)c1. The van der Waals surface area contributed by atoms with E-state index in [0.717, 1.165) is 11.1 Å². The van der Waals surface area contributed by atoms with Gasteiger partial charge in [0.2, 0.25) is 0 Å². The molecule has 0 saturated heterocycles. The van der Waals surface area contributed by atoms with E-state index in [0.29, 0.717) is 52.5 Å². The summed E-state index contributed by atoms with van der Waals surface area (Å²) in [5.41, 5.74) is 4.89. The topological polar surface area (TPSA) is 69.6 Å². The predicted octanol–water partition coefficient (Wildman–Crippen LogP) is 5.68. The molecule has 1 heterocycles. The van der Waals surface area contributed by atoms with Gasteiger partial charge in [0.05, 0.1) is 6.10 Å². The maximum Gasteiger partial charge on any atom is 0.258 e. The second-order valence-corrected chi connectivity index (χ2v) is 8.61. The molecule has 1 aliphatic rings. The Morgan fingerprint density at radius 1 is 1.06 bits per heavy atom. The molecule has 6 heteroatoms. The summed E-state index contributed by atoms with van der Waals surface area (Å²) in [6.07, 6.45) is 0.602. The lowest BCUT2D eigenvalue weighted by Crippen LogP contribution is -2.32. The van der Waals surface area contributed by atoms with E-state index in [1.165, 1.54) is 0 Å². The predicted molar refractivity (Wildman–Crippen MR) is 128 cm³/mol. The van der Waals surface area contributed by atoms with Gasteiger partial charge in [0.15, 0.2) is 0 Å². The maximum atomic E-state index is 13.4. The molecule has 0 fully saturated rings. The summed E-state index contributed by atoms with van der Waals surface area (Å²) in [5.74, 6) is -0.337. The highest BCUT2D eigenvalue weighted by Crippen LogP contribution is 2.36. The number of benzene rings is 3. The van der Waals surface area contributed by atoms with Crippen LogP contribution in [-0.4, -0.2) is 23.5 Å². The Kier molecular flexibility index (Phi) is 6.31. The Morgan fingerprint density at radius 2 is 1.88 bits per heavy atom. The first-order valence-corrected chi connectivity index (χ1v) is 11.0. The van der Waals surface area contributed by atoms with Crippen LogP contribution in [0.15, 0.2) is 60.7 Å². The molecule has 1 atom stereocenters. The summed E-state index contributed by atoms with van der Waals surface area (Å²) in [5, 5.41) is 13.9. The highest BCUT2D eigenvalue weighted by Gasteiger charge is 2.27. The van der Waals surface area contributed by atoms with Crippen LogP contribution in [0.2, 0.25) is 5.02 Å². The summed E-state index contributed by atoms with van der Waals surface area (Å²) >= 11 is 6.13. The lowest BCUT2D eigenvalue weighted by Gasteiger charge is -2.24. The van der Waals surface area contributed by atoms with Crippen molar-refractivity contribution in [2.75, 3.05) is 16.8 Å². The highest BCUT2D eigenvalue weighted by atomic mass is 35.5. The summed E-state index contributed by atoms with van der Waals surface area (Å²) in [6, 6.07) is 17.9. The number of hydrogen-bond donors (Lipinski definition) is 2. The average molecular weight is 449 g/mol. The Labute approximate surface area is 192 Å². The number of carbonyl (C=O) groups is 2. The Balaban J connectivity index is 1.59. The van der Waals surface area contributed by atoms with Crippen molar-refractivity contribution in [3.05, 3.63) is 93.5 Å². The molecule has 0 bridgehead atoms. The van der Waals surface area contributed by atoms with E-state index < -0.39 is 6.10 Å². The third kappa shape index (κ3) is 4.54. The lowest BCUT2D eigenvalue weighted by molar-refractivity contribution is 0.0985. The van der Waals surface area contributed by atoms with Crippen LogP contribution in [0.25, 0.3) is 0 Å². The van der Waals surface area contributed by atoms with Crippen molar-refractivity contribution in [3.8, 4) is 0 Å². The number of halogens is 1. The summed E-state index contributed by atoms with van der Waals surface area (Å²) in [4.78, 5) is 27.7. The van der Waals surface area contributed by atoms with Gasteiger partial charge in [-0.2, -0.15) is 0 Å². The molecule has 3 aromatic rings. The Bertz CT molecular complexity index is 1190.